The molecule has 0 N–H and O–H groups in total. The first kappa shape index (κ1) is 20.5. The Kier molecular flexibility index (Phi) is 20.0. The van der Waals surface area contributed by atoms with Gasteiger partial charge in [-0.2, -0.15) is 11.1 Å². The summed E-state index contributed by atoms with van der Waals surface area (Å²) >= 11 is 5.69. The van der Waals surface area contributed by atoms with Crippen LogP contribution in [-0.2, 0) is 0 Å². The summed E-state index contributed by atoms with van der Waals surface area (Å²) in [5.41, 5.74) is 0. The zero-order valence-electron chi connectivity index (χ0n) is 13.9. The van der Waals surface area contributed by atoms with Crippen molar-refractivity contribution >= 4 is 19.9 Å². The Morgan fingerprint density at radius 2 is 0.800 bits per heavy atom. The molecule has 0 aliphatic heterocycles. The van der Waals surface area contributed by atoms with E-state index in [2.05, 4.69) is 6.92 Å². The third kappa shape index (κ3) is 18.5. The monoisotopic (exact) mass is 316 g/mol. The molecule has 0 aromatic carbocycles. The fourth-order valence-electron chi connectivity index (χ4n) is 2.74. The molecule has 0 bridgehead atoms. The van der Waals surface area contributed by atoms with Gasteiger partial charge in [0.1, 0.15) is 0 Å². The average Bonchev–Trinajstić information content (AvgIpc) is 2.47. The van der Waals surface area contributed by atoms with Crippen molar-refractivity contribution in [3.8, 4) is 0 Å². The predicted molar refractivity (Wildman–Crippen MR) is 96.0 cm³/mol. The minimum atomic E-state index is 0.641. The SMILES string of the molecule is CCCCCCCCCCCCCCCCCC[Si]Cl. The Morgan fingerprint density at radius 3 is 1.10 bits per heavy atom. The van der Waals surface area contributed by atoms with Gasteiger partial charge in [0.25, 0.3) is 0 Å². The van der Waals surface area contributed by atoms with Crippen LogP contribution in [0.3, 0.4) is 0 Å². The number of hydrogen-bond acceptors (Lipinski definition) is 0. The zero-order valence-corrected chi connectivity index (χ0v) is 15.7. The van der Waals surface area contributed by atoms with Crippen molar-refractivity contribution in [2.24, 2.45) is 0 Å². The van der Waals surface area contributed by atoms with Gasteiger partial charge >= 0.3 is 0 Å². The minimum Gasteiger partial charge on any atom is -0.171 e. The van der Waals surface area contributed by atoms with Crippen LogP contribution in [0.15, 0.2) is 0 Å². The Hall–Kier alpha value is 0.507. The van der Waals surface area contributed by atoms with E-state index in [9.17, 15) is 0 Å². The summed E-state index contributed by atoms with van der Waals surface area (Å²) in [6.45, 7) is 2.29. The summed E-state index contributed by atoms with van der Waals surface area (Å²) in [6, 6.07) is 1.24. The summed E-state index contributed by atoms with van der Waals surface area (Å²) < 4.78 is 0. The Bertz CT molecular complexity index is 143. The van der Waals surface area contributed by atoms with Crippen LogP contribution in [0.2, 0.25) is 6.04 Å². The molecule has 120 valence electrons. The van der Waals surface area contributed by atoms with Gasteiger partial charge in [0, 0.05) is 0 Å². The molecule has 0 aromatic heterocycles. The molecule has 2 heteroatoms. The first-order valence-electron chi connectivity index (χ1n) is 9.25. The highest BCUT2D eigenvalue weighted by Crippen LogP contribution is 2.13. The molecule has 0 atom stereocenters. The molecule has 0 saturated heterocycles. The van der Waals surface area contributed by atoms with Crippen molar-refractivity contribution in [3.05, 3.63) is 0 Å². The molecule has 0 aromatic rings. The molecule has 0 amide bonds. The molecule has 0 spiro atoms. The van der Waals surface area contributed by atoms with Crippen LogP contribution in [0.25, 0.3) is 0 Å². The second kappa shape index (κ2) is 19.5. The Labute approximate surface area is 136 Å². The first-order valence-corrected chi connectivity index (χ1v) is 11.5. The quantitative estimate of drug-likeness (QED) is 0.148. The van der Waals surface area contributed by atoms with Crippen molar-refractivity contribution in [1.82, 2.24) is 0 Å². The maximum atomic E-state index is 5.69. The Balaban J connectivity index is 2.89. The molecule has 20 heavy (non-hydrogen) atoms. The summed E-state index contributed by atoms with van der Waals surface area (Å²) in [6.07, 6.45) is 23.1. The second-order valence-corrected chi connectivity index (χ2v) is 7.76. The van der Waals surface area contributed by atoms with Crippen LogP contribution in [-0.4, -0.2) is 8.83 Å². The van der Waals surface area contributed by atoms with E-state index >= 15 is 0 Å². The highest BCUT2D eigenvalue weighted by Gasteiger charge is 1.94. The van der Waals surface area contributed by atoms with Crippen LogP contribution in [0, 0.1) is 0 Å². The standard InChI is InChI=1S/C18H37ClSi/c1-2-3-4-5-6-7-8-9-10-11-12-13-14-15-16-17-18-20-19/h2-18H2,1H3. The molecule has 0 aliphatic rings. The highest BCUT2D eigenvalue weighted by molar-refractivity contribution is 6.93. The highest BCUT2D eigenvalue weighted by atomic mass is 35.6. The second-order valence-electron chi connectivity index (χ2n) is 6.19. The minimum absolute atomic E-state index is 0.641. The molecule has 0 rings (SSSR count). The van der Waals surface area contributed by atoms with Crippen LogP contribution in [0.5, 0.6) is 0 Å². The van der Waals surface area contributed by atoms with E-state index in [4.69, 9.17) is 11.1 Å². The van der Waals surface area contributed by atoms with Crippen molar-refractivity contribution in [3.63, 3.8) is 0 Å². The van der Waals surface area contributed by atoms with Crippen LogP contribution in [0.4, 0.5) is 0 Å². The smallest absolute Gasteiger partial charge is 0.171 e. The molecular formula is C18H37ClSi. The normalized spacial score (nSPS) is 11.1. The van der Waals surface area contributed by atoms with Gasteiger partial charge in [-0.05, 0) is 6.04 Å². The van der Waals surface area contributed by atoms with Gasteiger partial charge in [-0.3, -0.25) is 0 Å². The molecule has 0 aliphatic carbocycles. The number of halogens is 1. The van der Waals surface area contributed by atoms with Crippen LogP contribution < -0.4 is 0 Å². The molecule has 0 unspecified atom stereocenters. The maximum absolute atomic E-state index is 5.69. The van der Waals surface area contributed by atoms with Crippen molar-refractivity contribution in [1.29, 1.82) is 0 Å². The lowest BCUT2D eigenvalue weighted by molar-refractivity contribution is 0.531. The van der Waals surface area contributed by atoms with E-state index in [1.807, 2.05) is 0 Å². The fraction of sp³-hybridized carbons (Fsp3) is 1.00. The lowest BCUT2D eigenvalue weighted by atomic mass is 10.0. The van der Waals surface area contributed by atoms with Gasteiger partial charge in [0.05, 0.1) is 0 Å². The molecule has 0 fully saturated rings. The lowest BCUT2D eigenvalue weighted by Crippen LogP contribution is -1.84. The third-order valence-corrected chi connectivity index (χ3v) is 5.23. The summed E-state index contributed by atoms with van der Waals surface area (Å²) in [5.74, 6) is 0. The predicted octanol–water partition coefficient (Wildman–Crippen LogP) is 7.52. The molecule has 2 radical (unpaired) electrons. The molecule has 0 saturated carbocycles. The van der Waals surface area contributed by atoms with Gasteiger partial charge in [0.2, 0.25) is 0 Å². The topological polar surface area (TPSA) is 0 Å². The van der Waals surface area contributed by atoms with E-state index in [-0.39, 0.29) is 0 Å². The van der Waals surface area contributed by atoms with E-state index in [1.54, 1.807) is 0 Å². The van der Waals surface area contributed by atoms with E-state index in [0.29, 0.717) is 8.83 Å². The van der Waals surface area contributed by atoms with Crippen LogP contribution >= 0.6 is 11.1 Å². The van der Waals surface area contributed by atoms with Gasteiger partial charge in [0.15, 0.2) is 8.83 Å². The van der Waals surface area contributed by atoms with Gasteiger partial charge < -0.3 is 0 Å². The van der Waals surface area contributed by atoms with Gasteiger partial charge in [-0.15, -0.1) is 0 Å². The Morgan fingerprint density at radius 1 is 0.500 bits per heavy atom. The maximum Gasteiger partial charge on any atom is 0.171 e. The number of hydrogen-bond donors (Lipinski definition) is 0. The average molecular weight is 317 g/mol. The third-order valence-electron chi connectivity index (χ3n) is 4.12. The van der Waals surface area contributed by atoms with Crippen molar-refractivity contribution in [2.75, 3.05) is 0 Å². The van der Waals surface area contributed by atoms with E-state index in [0.717, 1.165) is 0 Å². The zero-order chi connectivity index (χ0) is 14.7. The summed E-state index contributed by atoms with van der Waals surface area (Å²) in [4.78, 5) is 0. The summed E-state index contributed by atoms with van der Waals surface area (Å²) in [5, 5.41) is 0. The largest absolute Gasteiger partial charge is 0.171 e. The van der Waals surface area contributed by atoms with E-state index < -0.39 is 0 Å². The lowest BCUT2D eigenvalue weighted by Gasteiger charge is -2.03. The fourth-order valence-corrected chi connectivity index (χ4v) is 3.52. The molecule has 0 nitrogen and oxygen atoms in total. The molecular weight excluding hydrogens is 280 g/mol. The van der Waals surface area contributed by atoms with Crippen LogP contribution in [0.1, 0.15) is 110 Å². The molecule has 0 heterocycles. The van der Waals surface area contributed by atoms with Crippen molar-refractivity contribution < 1.29 is 0 Å². The first-order chi connectivity index (χ1) is 9.91. The number of unbranched alkanes of at least 4 members (excludes halogenated alkanes) is 15. The van der Waals surface area contributed by atoms with Crippen molar-refractivity contribution in [2.45, 2.75) is 116 Å². The van der Waals surface area contributed by atoms with Gasteiger partial charge in [-0.1, -0.05) is 110 Å². The van der Waals surface area contributed by atoms with E-state index in [1.165, 1.54) is 109 Å². The number of rotatable bonds is 17. The summed E-state index contributed by atoms with van der Waals surface area (Å²) in [7, 11) is 0.641. The van der Waals surface area contributed by atoms with Gasteiger partial charge in [-0.25, -0.2) is 0 Å².